The Kier molecular flexibility index (Phi) is 6.47. The second kappa shape index (κ2) is 9.50. The fourth-order valence-electron chi connectivity index (χ4n) is 6.58. The quantitative estimate of drug-likeness (QED) is 0.311. The van der Waals surface area contributed by atoms with E-state index in [9.17, 15) is 4.79 Å². The minimum Gasteiger partial charge on any atom is -0.469 e. The van der Waals surface area contributed by atoms with Crippen LogP contribution in [-0.2, 0) is 16.0 Å². The lowest BCUT2D eigenvalue weighted by molar-refractivity contribution is -0.145. The molecule has 0 amide bonds. The van der Waals surface area contributed by atoms with Gasteiger partial charge in [0.05, 0.1) is 12.2 Å². The maximum Gasteiger partial charge on any atom is 0.311 e. The van der Waals surface area contributed by atoms with E-state index in [1.807, 2.05) is 6.07 Å². The highest BCUT2D eigenvalue weighted by molar-refractivity contribution is 5.76. The zero-order chi connectivity index (χ0) is 22.8. The van der Waals surface area contributed by atoms with E-state index < -0.39 is 0 Å². The molecule has 176 valence electrons. The molecule has 33 heavy (non-hydrogen) atoms. The molecular formula is C29H37NO3. The molecule has 0 radical (unpaired) electrons. The Morgan fingerprint density at radius 3 is 2.82 bits per heavy atom. The first kappa shape index (κ1) is 22.5. The van der Waals surface area contributed by atoms with E-state index in [1.54, 1.807) is 11.8 Å². The van der Waals surface area contributed by atoms with Gasteiger partial charge in [-0.2, -0.15) is 0 Å². The largest absolute Gasteiger partial charge is 0.469 e. The topological polar surface area (TPSA) is 51.5 Å². The Bertz CT molecular complexity index is 966. The van der Waals surface area contributed by atoms with Crippen molar-refractivity contribution in [2.75, 3.05) is 13.1 Å². The van der Waals surface area contributed by atoms with Gasteiger partial charge in [-0.25, -0.2) is 0 Å². The molecule has 5 rings (SSSR count). The molecule has 1 aromatic heterocycles. The molecular weight excluding hydrogens is 410 g/mol. The number of carbonyl (C=O) groups excluding carboxylic acids is 1. The number of furan rings is 1. The molecule has 2 fully saturated rings. The van der Waals surface area contributed by atoms with Crippen LogP contribution in [0, 0.1) is 23.2 Å². The Hall–Kier alpha value is -2.33. The van der Waals surface area contributed by atoms with Gasteiger partial charge in [0.15, 0.2) is 0 Å². The van der Waals surface area contributed by atoms with Gasteiger partial charge in [0.2, 0.25) is 0 Å². The summed E-state index contributed by atoms with van der Waals surface area (Å²) in [6.07, 6.45) is 10.9. The summed E-state index contributed by atoms with van der Waals surface area (Å²) in [7, 11) is 0. The van der Waals surface area contributed by atoms with Crippen molar-refractivity contribution in [2.24, 2.45) is 23.2 Å². The first-order valence-electron chi connectivity index (χ1n) is 12.7. The molecule has 4 heteroatoms. The van der Waals surface area contributed by atoms with E-state index in [-0.39, 0.29) is 29.3 Å². The van der Waals surface area contributed by atoms with E-state index in [4.69, 9.17) is 9.15 Å². The maximum absolute atomic E-state index is 12.8. The third kappa shape index (κ3) is 4.68. The molecule has 2 aliphatic carbocycles. The minimum atomic E-state index is -0.0719. The molecule has 0 spiro atoms. The molecule has 3 aliphatic rings. The second-order valence-corrected chi connectivity index (χ2v) is 10.7. The van der Waals surface area contributed by atoms with Crippen molar-refractivity contribution in [3.05, 3.63) is 71.7 Å². The average molecular weight is 448 g/mol. The number of nitrogens with one attached hydrogen (secondary N) is 1. The third-order valence-electron chi connectivity index (χ3n) is 8.39. The van der Waals surface area contributed by atoms with E-state index in [2.05, 4.69) is 61.6 Å². The second-order valence-electron chi connectivity index (χ2n) is 10.7. The molecule has 1 N–H and O–H groups in total. The molecule has 2 heterocycles. The number of fused-ring (bicyclic) bond motifs is 2. The zero-order valence-corrected chi connectivity index (χ0v) is 20.0. The lowest BCUT2D eigenvalue weighted by Gasteiger charge is -2.46. The Balaban J connectivity index is 1.21. The summed E-state index contributed by atoms with van der Waals surface area (Å²) < 4.78 is 11.7. The van der Waals surface area contributed by atoms with Crippen LogP contribution in [0.25, 0.3) is 0 Å². The Morgan fingerprint density at radius 1 is 1.18 bits per heavy atom. The van der Waals surface area contributed by atoms with Crippen LogP contribution in [0.4, 0.5) is 0 Å². The maximum atomic E-state index is 12.8. The Labute approximate surface area is 197 Å². The van der Waals surface area contributed by atoms with Crippen molar-refractivity contribution in [1.82, 2.24) is 5.32 Å². The van der Waals surface area contributed by atoms with Gasteiger partial charge < -0.3 is 14.5 Å². The van der Waals surface area contributed by atoms with Gasteiger partial charge >= 0.3 is 5.97 Å². The summed E-state index contributed by atoms with van der Waals surface area (Å²) >= 11 is 0. The van der Waals surface area contributed by atoms with Crippen LogP contribution in [0.2, 0.25) is 0 Å². The van der Waals surface area contributed by atoms with Gasteiger partial charge in [0.25, 0.3) is 0 Å². The van der Waals surface area contributed by atoms with Crippen molar-refractivity contribution in [2.45, 2.75) is 64.4 Å². The predicted octanol–water partition coefficient (Wildman–Crippen LogP) is 5.90. The number of benzene rings is 1. The highest BCUT2D eigenvalue weighted by atomic mass is 16.6. The molecule has 6 atom stereocenters. The van der Waals surface area contributed by atoms with Gasteiger partial charge in [0, 0.05) is 18.4 Å². The number of hydrogen-bond donors (Lipinski definition) is 1. The van der Waals surface area contributed by atoms with Crippen molar-refractivity contribution in [3.8, 4) is 0 Å². The fraction of sp³-hybridized carbons (Fsp3) is 0.552. The van der Waals surface area contributed by atoms with Gasteiger partial charge in [0.1, 0.15) is 11.9 Å². The van der Waals surface area contributed by atoms with Crippen molar-refractivity contribution in [1.29, 1.82) is 0 Å². The average Bonchev–Trinajstić information content (AvgIpc) is 3.43. The van der Waals surface area contributed by atoms with Crippen LogP contribution < -0.4 is 5.32 Å². The zero-order valence-electron chi connectivity index (χ0n) is 20.0. The predicted molar refractivity (Wildman–Crippen MR) is 130 cm³/mol. The SMILES string of the molecule is CC1CCCC2(C)CC3OC(=O)C(CNCCC(Cc4ccccc4)c4ccco4)C3C=C12. The summed E-state index contributed by atoms with van der Waals surface area (Å²) in [5, 5.41) is 3.59. The van der Waals surface area contributed by atoms with Crippen LogP contribution in [0.5, 0.6) is 0 Å². The normalized spacial score (nSPS) is 31.9. The van der Waals surface area contributed by atoms with E-state index >= 15 is 0 Å². The molecule has 2 aromatic rings. The molecule has 1 saturated heterocycles. The van der Waals surface area contributed by atoms with Gasteiger partial charge in [-0.05, 0) is 67.7 Å². The molecule has 4 nitrogen and oxygen atoms in total. The first-order chi connectivity index (χ1) is 16.0. The summed E-state index contributed by atoms with van der Waals surface area (Å²) in [5.41, 5.74) is 3.12. The van der Waals surface area contributed by atoms with E-state index in [0.717, 1.165) is 31.6 Å². The number of carbonyl (C=O) groups is 1. The van der Waals surface area contributed by atoms with Gasteiger partial charge in [-0.15, -0.1) is 0 Å². The molecule has 1 saturated carbocycles. The van der Waals surface area contributed by atoms with Crippen LogP contribution in [0.3, 0.4) is 0 Å². The number of allylic oxidation sites excluding steroid dienone is 1. The van der Waals surface area contributed by atoms with Crippen LogP contribution in [0.1, 0.15) is 63.2 Å². The van der Waals surface area contributed by atoms with Crippen molar-refractivity contribution in [3.63, 3.8) is 0 Å². The molecule has 1 aliphatic heterocycles. The number of rotatable bonds is 8. The molecule has 0 bridgehead atoms. The smallest absolute Gasteiger partial charge is 0.311 e. The summed E-state index contributed by atoms with van der Waals surface area (Å²) in [6, 6.07) is 14.6. The van der Waals surface area contributed by atoms with Crippen molar-refractivity contribution >= 4 is 5.97 Å². The fourth-order valence-corrected chi connectivity index (χ4v) is 6.58. The highest BCUT2D eigenvalue weighted by Crippen LogP contribution is 2.53. The Morgan fingerprint density at radius 2 is 2.03 bits per heavy atom. The van der Waals surface area contributed by atoms with Crippen molar-refractivity contribution < 1.29 is 13.9 Å². The lowest BCUT2D eigenvalue weighted by Crippen LogP contribution is -2.40. The lowest BCUT2D eigenvalue weighted by atomic mass is 9.59. The number of esters is 1. The summed E-state index contributed by atoms with van der Waals surface area (Å²) in [5.74, 6) is 2.11. The van der Waals surface area contributed by atoms with E-state index in [0.29, 0.717) is 18.4 Å². The van der Waals surface area contributed by atoms with Crippen LogP contribution in [0.15, 0.2) is 64.8 Å². The number of ether oxygens (including phenoxy) is 1. The standard InChI is InChI=1S/C29H37NO3/c1-20-8-6-13-29(2)18-27-23(17-25(20)29)24(28(31)33-27)19-30-14-12-22(26-11-7-15-32-26)16-21-9-4-3-5-10-21/h3-5,7,9-11,15,17,20,22-24,27,30H,6,8,12-14,16,18-19H2,1-2H3. The van der Waals surface area contributed by atoms with Crippen LogP contribution >= 0.6 is 0 Å². The number of hydrogen-bond acceptors (Lipinski definition) is 4. The first-order valence-corrected chi connectivity index (χ1v) is 12.7. The summed E-state index contributed by atoms with van der Waals surface area (Å²) in [4.78, 5) is 12.8. The third-order valence-corrected chi connectivity index (χ3v) is 8.39. The highest BCUT2D eigenvalue weighted by Gasteiger charge is 2.51. The van der Waals surface area contributed by atoms with Gasteiger partial charge in [-0.3, -0.25) is 4.79 Å². The summed E-state index contributed by atoms with van der Waals surface area (Å²) in [6.45, 7) is 6.27. The van der Waals surface area contributed by atoms with Gasteiger partial charge in [-0.1, -0.05) is 62.2 Å². The monoisotopic (exact) mass is 447 g/mol. The van der Waals surface area contributed by atoms with Crippen LogP contribution in [-0.4, -0.2) is 25.2 Å². The minimum absolute atomic E-state index is 0.0175. The molecule has 6 unspecified atom stereocenters. The molecule has 1 aromatic carbocycles. The van der Waals surface area contributed by atoms with E-state index in [1.165, 1.54) is 24.8 Å².